The second-order valence-corrected chi connectivity index (χ2v) is 4.61. The first-order valence-electron chi connectivity index (χ1n) is 6.49. The molecule has 2 rings (SSSR count). The van der Waals surface area contributed by atoms with Crippen LogP contribution < -0.4 is 10.6 Å². The maximum atomic E-state index is 11.5. The number of carbonyl (C=O) groups is 2. The summed E-state index contributed by atoms with van der Waals surface area (Å²) in [5, 5.41) is 9.29. The second-order valence-electron chi connectivity index (χ2n) is 4.61. The molecule has 0 aliphatic carbocycles. The molecule has 0 atom stereocenters. The highest BCUT2D eigenvalue weighted by Crippen LogP contribution is 2.17. The lowest BCUT2D eigenvalue weighted by Crippen LogP contribution is -2.35. The Hall–Kier alpha value is -2.70. The van der Waals surface area contributed by atoms with Crippen molar-refractivity contribution < 1.29 is 9.59 Å². The number of amides is 2. The summed E-state index contributed by atoms with van der Waals surface area (Å²) < 4.78 is 1.76. The number of nitrogens with one attached hydrogen (secondary N) is 2. The number of carbonyl (C=O) groups excluding carboxylic acids is 2. The lowest BCUT2D eigenvalue weighted by molar-refractivity contribution is -0.125. The van der Waals surface area contributed by atoms with E-state index in [-0.39, 0.29) is 18.4 Å². The van der Waals surface area contributed by atoms with Gasteiger partial charge in [-0.25, -0.2) is 0 Å². The minimum absolute atomic E-state index is 0.0236. The van der Waals surface area contributed by atoms with Crippen LogP contribution in [-0.2, 0) is 23.2 Å². The highest BCUT2D eigenvalue weighted by Gasteiger charge is 2.06. The van der Waals surface area contributed by atoms with E-state index in [1.165, 1.54) is 6.92 Å². The molecule has 7 heteroatoms. The molecule has 0 aliphatic rings. The molecule has 0 fully saturated rings. The van der Waals surface area contributed by atoms with Crippen molar-refractivity contribution in [1.29, 1.82) is 0 Å². The topological polar surface area (TPSA) is 88.9 Å². The molecule has 0 saturated carbocycles. The number of hydrogen-bond donors (Lipinski definition) is 2. The minimum Gasteiger partial charge on any atom is -0.350 e. The Kier molecular flexibility index (Phi) is 4.65. The van der Waals surface area contributed by atoms with Gasteiger partial charge in [0, 0.05) is 44.7 Å². The SMILES string of the molecule is CC(=O)NCC(=O)NCc1cncc(-c2ccnn2C)c1. The van der Waals surface area contributed by atoms with E-state index in [1.807, 2.05) is 19.2 Å². The molecule has 2 aromatic heterocycles. The fourth-order valence-electron chi connectivity index (χ4n) is 1.85. The van der Waals surface area contributed by atoms with Gasteiger partial charge >= 0.3 is 0 Å². The summed E-state index contributed by atoms with van der Waals surface area (Å²) in [7, 11) is 1.86. The van der Waals surface area contributed by atoms with Crippen molar-refractivity contribution in [2.24, 2.45) is 7.05 Å². The Balaban J connectivity index is 1.97. The van der Waals surface area contributed by atoms with Crippen LogP contribution >= 0.6 is 0 Å². The average molecular weight is 287 g/mol. The van der Waals surface area contributed by atoms with Gasteiger partial charge in [-0.1, -0.05) is 0 Å². The first-order chi connectivity index (χ1) is 10.1. The van der Waals surface area contributed by atoms with Crippen molar-refractivity contribution >= 4 is 11.8 Å². The van der Waals surface area contributed by atoms with Crippen molar-refractivity contribution in [1.82, 2.24) is 25.4 Å². The van der Waals surface area contributed by atoms with Crippen molar-refractivity contribution in [3.05, 3.63) is 36.3 Å². The molecule has 2 amide bonds. The largest absolute Gasteiger partial charge is 0.350 e. The lowest BCUT2D eigenvalue weighted by atomic mass is 10.1. The van der Waals surface area contributed by atoms with E-state index in [9.17, 15) is 9.59 Å². The molecule has 2 N–H and O–H groups in total. The van der Waals surface area contributed by atoms with Crippen LogP contribution in [0.15, 0.2) is 30.7 Å². The van der Waals surface area contributed by atoms with Gasteiger partial charge in [-0.3, -0.25) is 19.3 Å². The molecule has 21 heavy (non-hydrogen) atoms. The molecular formula is C14H17N5O2. The van der Waals surface area contributed by atoms with Crippen LogP contribution in [0.5, 0.6) is 0 Å². The standard InChI is InChI=1S/C14H17N5O2/c1-10(20)16-9-14(21)17-7-11-5-12(8-15-6-11)13-3-4-18-19(13)2/h3-6,8H,7,9H2,1-2H3,(H,16,20)(H,17,21). The van der Waals surface area contributed by atoms with Crippen LogP contribution in [0, 0.1) is 0 Å². The van der Waals surface area contributed by atoms with E-state index in [1.54, 1.807) is 23.3 Å². The van der Waals surface area contributed by atoms with E-state index in [0.717, 1.165) is 16.8 Å². The molecule has 0 saturated heterocycles. The maximum absolute atomic E-state index is 11.5. The van der Waals surface area contributed by atoms with E-state index >= 15 is 0 Å². The van der Waals surface area contributed by atoms with Gasteiger partial charge in [0.25, 0.3) is 0 Å². The van der Waals surface area contributed by atoms with Crippen molar-refractivity contribution in [3.8, 4) is 11.3 Å². The number of aryl methyl sites for hydroxylation is 1. The highest BCUT2D eigenvalue weighted by atomic mass is 16.2. The summed E-state index contributed by atoms with van der Waals surface area (Å²) in [6, 6.07) is 3.85. The Morgan fingerprint density at radius 2 is 2.10 bits per heavy atom. The molecule has 7 nitrogen and oxygen atoms in total. The predicted octanol–water partition coefficient (Wildman–Crippen LogP) is 0.234. The monoisotopic (exact) mass is 287 g/mol. The molecule has 2 aromatic rings. The number of nitrogens with zero attached hydrogens (tertiary/aromatic N) is 3. The van der Waals surface area contributed by atoms with Crippen LogP contribution in [0.4, 0.5) is 0 Å². The van der Waals surface area contributed by atoms with Gasteiger partial charge in [-0.15, -0.1) is 0 Å². The molecule has 0 unspecified atom stereocenters. The van der Waals surface area contributed by atoms with Gasteiger partial charge < -0.3 is 10.6 Å². The van der Waals surface area contributed by atoms with Crippen molar-refractivity contribution in [2.45, 2.75) is 13.5 Å². The van der Waals surface area contributed by atoms with Gasteiger partial charge in [0.15, 0.2) is 0 Å². The third kappa shape index (κ3) is 4.13. The van der Waals surface area contributed by atoms with E-state index in [2.05, 4.69) is 20.7 Å². The minimum atomic E-state index is -0.240. The summed E-state index contributed by atoms with van der Waals surface area (Å²) in [5.41, 5.74) is 2.77. The summed E-state index contributed by atoms with van der Waals surface area (Å²) in [6.07, 6.45) is 5.16. The molecule has 0 aromatic carbocycles. The number of rotatable bonds is 5. The van der Waals surface area contributed by atoms with Crippen LogP contribution in [-0.4, -0.2) is 33.1 Å². The zero-order chi connectivity index (χ0) is 15.2. The molecule has 0 aliphatic heterocycles. The maximum Gasteiger partial charge on any atom is 0.239 e. The van der Waals surface area contributed by atoms with Crippen LogP contribution in [0.3, 0.4) is 0 Å². The molecule has 0 spiro atoms. The lowest BCUT2D eigenvalue weighted by Gasteiger charge is -2.07. The zero-order valence-electron chi connectivity index (χ0n) is 12.0. The molecular weight excluding hydrogens is 270 g/mol. The van der Waals surface area contributed by atoms with Gasteiger partial charge in [0.2, 0.25) is 11.8 Å². The quantitative estimate of drug-likeness (QED) is 0.824. The summed E-state index contributed by atoms with van der Waals surface area (Å²) in [5.74, 6) is -0.471. The van der Waals surface area contributed by atoms with E-state index in [0.29, 0.717) is 6.54 Å². The summed E-state index contributed by atoms with van der Waals surface area (Å²) >= 11 is 0. The van der Waals surface area contributed by atoms with Crippen molar-refractivity contribution in [2.75, 3.05) is 6.54 Å². The second kappa shape index (κ2) is 6.65. The fraction of sp³-hybridized carbons (Fsp3) is 0.286. The molecule has 110 valence electrons. The van der Waals surface area contributed by atoms with Crippen LogP contribution in [0.25, 0.3) is 11.3 Å². The van der Waals surface area contributed by atoms with Gasteiger partial charge in [0.1, 0.15) is 0 Å². The normalized spacial score (nSPS) is 10.2. The predicted molar refractivity (Wildman–Crippen MR) is 77.0 cm³/mol. The Bertz CT molecular complexity index is 650. The first kappa shape index (κ1) is 14.7. The first-order valence-corrected chi connectivity index (χ1v) is 6.49. The van der Waals surface area contributed by atoms with Crippen LogP contribution in [0.1, 0.15) is 12.5 Å². The van der Waals surface area contributed by atoms with Gasteiger partial charge in [0.05, 0.1) is 12.2 Å². The number of pyridine rings is 1. The molecule has 2 heterocycles. The smallest absolute Gasteiger partial charge is 0.239 e. The third-order valence-corrected chi connectivity index (χ3v) is 2.90. The van der Waals surface area contributed by atoms with E-state index < -0.39 is 0 Å². The number of aromatic nitrogens is 3. The van der Waals surface area contributed by atoms with E-state index in [4.69, 9.17) is 0 Å². The van der Waals surface area contributed by atoms with Crippen LogP contribution in [0.2, 0.25) is 0 Å². The average Bonchev–Trinajstić information content (AvgIpc) is 2.89. The van der Waals surface area contributed by atoms with Crippen molar-refractivity contribution in [3.63, 3.8) is 0 Å². The summed E-state index contributed by atoms with van der Waals surface area (Å²) in [6.45, 7) is 1.70. The highest BCUT2D eigenvalue weighted by molar-refractivity contribution is 5.83. The Morgan fingerprint density at radius 1 is 1.29 bits per heavy atom. The Labute approximate surface area is 122 Å². The van der Waals surface area contributed by atoms with Gasteiger partial charge in [-0.2, -0.15) is 5.10 Å². The zero-order valence-corrected chi connectivity index (χ0v) is 12.0. The Morgan fingerprint density at radius 3 is 2.76 bits per heavy atom. The molecule has 0 bridgehead atoms. The fourth-order valence-corrected chi connectivity index (χ4v) is 1.85. The number of hydrogen-bond acceptors (Lipinski definition) is 4. The summed E-state index contributed by atoms with van der Waals surface area (Å²) in [4.78, 5) is 26.4. The molecule has 0 radical (unpaired) electrons. The van der Waals surface area contributed by atoms with Gasteiger partial charge in [-0.05, 0) is 17.7 Å². The third-order valence-electron chi connectivity index (χ3n) is 2.90.